The van der Waals surface area contributed by atoms with Crippen LogP contribution in [-0.2, 0) is 4.79 Å². The van der Waals surface area contributed by atoms with Gasteiger partial charge in [-0.2, -0.15) is 0 Å². The zero-order valence-electron chi connectivity index (χ0n) is 10.8. The van der Waals surface area contributed by atoms with E-state index in [4.69, 9.17) is 5.11 Å². The van der Waals surface area contributed by atoms with Crippen LogP contribution in [0.15, 0.2) is 24.3 Å². The molecule has 0 aliphatic heterocycles. The third-order valence-corrected chi connectivity index (χ3v) is 3.13. The molecule has 0 saturated carbocycles. The van der Waals surface area contributed by atoms with Crippen LogP contribution < -0.4 is 0 Å². The molecule has 1 aromatic carbocycles. The highest BCUT2D eigenvalue weighted by molar-refractivity contribution is 5.66. The molecule has 0 radical (unpaired) electrons. The molecule has 0 spiro atoms. The molecule has 1 rings (SSSR count). The van der Waals surface area contributed by atoms with E-state index in [-0.39, 0.29) is 6.42 Å². The largest absolute Gasteiger partial charge is 0.481 e. The Bertz CT molecular complexity index is 340. The predicted octanol–water partition coefficient (Wildman–Crippen LogP) is 4.13. The van der Waals surface area contributed by atoms with Crippen molar-refractivity contribution in [1.29, 1.82) is 0 Å². The maximum atomic E-state index is 10.5. The van der Waals surface area contributed by atoms with E-state index in [1.54, 1.807) is 0 Å². The van der Waals surface area contributed by atoms with Crippen molar-refractivity contribution >= 4 is 5.97 Å². The molecule has 17 heavy (non-hydrogen) atoms. The number of aliphatic carboxylic acids is 1. The van der Waals surface area contributed by atoms with Gasteiger partial charge in [-0.05, 0) is 37.7 Å². The highest BCUT2D eigenvalue weighted by Gasteiger charge is 2.11. The summed E-state index contributed by atoms with van der Waals surface area (Å²) in [4.78, 5) is 10.5. The maximum Gasteiger partial charge on any atom is 0.303 e. The average molecular weight is 234 g/mol. The van der Waals surface area contributed by atoms with E-state index in [1.807, 2.05) is 0 Å². The molecule has 2 nitrogen and oxygen atoms in total. The number of benzene rings is 1. The monoisotopic (exact) mass is 234 g/mol. The van der Waals surface area contributed by atoms with Gasteiger partial charge in [0, 0.05) is 6.42 Å². The Balaban J connectivity index is 2.58. The third kappa shape index (κ3) is 5.03. The van der Waals surface area contributed by atoms with Crippen LogP contribution in [0.2, 0.25) is 0 Å². The molecule has 0 heterocycles. The molecule has 1 unspecified atom stereocenters. The van der Waals surface area contributed by atoms with Crippen molar-refractivity contribution in [2.45, 2.75) is 51.9 Å². The highest BCUT2D eigenvalue weighted by atomic mass is 16.4. The average Bonchev–Trinajstić information content (AvgIpc) is 2.29. The fourth-order valence-corrected chi connectivity index (χ4v) is 2.16. The first-order valence-corrected chi connectivity index (χ1v) is 6.41. The number of carboxylic acid groups (broad SMARTS) is 1. The van der Waals surface area contributed by atoms with Gasteiger partial charge in [0.25, 0.3) is 0 Å². The van der Waals surface area contributed by atoms with E-state index in [1.165, 1.54) is 11.1 Å². The molecule has 2 heteroatoms. The molecule has 94 valence electrons. The zero-order chi connectivity index (χ0) is 12.7. The summed E-state index contributed by atoms with van der Waals surface area (Å²) in [5.41, 5.74) is 2.62. The Hall–Kier alpha value is -1.31. The molecular formula is C15H22O2. The SMILES string of the molecule is CCCC(CCCC(=O)O)c1ccc(C)cc1. The number of rotatable bonds is 7. The fourth-order valence-electron chi connectivity index (χ4n) is 2.16. The number of hydrogen-bond acceptors (Lipinski definition) is 1. The van der Waals surface area contributed by atoms with Gasteiger partial charge < -0.3 is 5.11 Å². The lowest BCUT2D eigenvalue weighted by atomic mass is 9.89. The van der Waals surface area contributed by atoms with Crippen LogP contribution in [-0.4, -0.2) is 11.1 Å². The second-order valence-corrected chi connectivity index (χ2v) is 4.68. The van der Waals surface area contributed by atoms with Gasteiger partial charge in [0.1, 0.15) is 0 Å². The van der Waals surface area contributed by atoms with Gasteiger partial charge >= 0.3 is 5.97 Å². The van der Waals surface area contributed by atoms with E-state index in [0.29, 0.717) is 5.92 Å². The van der Waals surface area contributed by atoms with Crippen molar-refractivity contribution in [3.63, 3.8) is 0 Å². The van der Waals surface area contributed by atoms with E-state index >= 15 is 0 Å². The summed E-state index contributed by atoms with van der Waals surface area (Å²) in [5, 5.41) is 8.66. The van der Waals surface area contributed by atoms with Gasteiger partial charge in [-0.25, -0.2) is 0 Å². The molecule has 0 aromatic heterocycles. The smallest absolute Gasteiger partial charge is 0.303 e. The van der Waals surface area contributed by atoms with Crippen molar-refractivity contribution in [3.8, 4) is 0 Å². The van der Waals surface area contributed by atoms with E-state index in [0.717, 1.165) is 25.7 Å². The first-order chi connectivity index (χ1) is 8.13. The van der Waals surface area contributed by atoms with Crippen molar-refractivity contribution in [2.24, 2.45) is 0 Å². The van der Waals surface area contributed by atoms with Crippen LogP contribution in [0, 0.1) is 6.92 Å². The Labute approximate surface area is 104 Å². The van der Waals surface area contributed by atoms with Crippen molar-refractivity contribution in [3.05, 3.63) is 35.4 Å². The van der Waals surface area contributed by atoms with Gasteiger partial charge in [0.15, 0.2) is 0 Å². The molecular weight excluding hydrogens is 212 g/mol. The van der Waals surface area contributed by atoms with Gasteiger partial charge in [-0.15, -0.1) is 0 Å². The quantitative estimate of drug-likeness (QED) is 0.770. The lowest BCUT2D eigenvalue weighted by molar-refractivity contribution is -0.137. The van der Waals surface area contributed by atoms with Crippen LogP contribution in [0.3, 0.4) is 0 Å². The predicted molar refractivity (Wildman–Crippen MR) is 70.3 cm³/mol. The Morgan fingerprint density at radius 2 is 1.88 bits per heavy atom. The van der Waals surface area contributed by atoms with Crippen molar-refractivity contribution < 1.29 is 9.90 Å². The summed E-state index contributed by atoms with van der Waals surface area (Å²) < 4.78 is 0. The number of carboxylic acids is 1. The van der Waals surface area contributed by atoms with Crippen LogP contribution in [0.4, 0.5) is 0 Å². The highest BCUT2D eigenvalue weighted by Crippen LogP contribution is 2.27. The van der Waals surface area contributed by atoms with E-state index in [2.05, 4.69) is 38.1 Å². The number of aryl methyl sites for hydroxylation is 1. The lowest BCUT2D eigenvalue weighted by Crippen LogP contribution is -2.01. The Kier molecular flexibility index (Phi) is 5.75. The Morgan fingerprint density at radius 1 is 1.24 bits per heavy atom. The first-order valence-electron chi connectivity index (χ1n) is 6.41. The third-order valence-electron chi connectivity index (χ3n) is 3.13. The summed E-state index contributed by atoms with van der Waals surface area (Å²) >= 11 is 0. The minimum absolute atomic E-state index is 0.284. The molecule has 1 atom stereocenters. The maximum absolute atomic E-state index is 10.5. The molecule has 0 aliphatic rings. The van der Waals surface area contributed by atoms with E-state index in [9.17, 15) is 4.79 Å². The second kappa shape index (κ2) is 7.10. The second-order valence-electron chi connectivity index (χ2n) is 4.68. The van der Waals surface area contributed by atoms with Crippen LogP contribution in [0.25, 0.3) is 0 Å². The van der Waals surface area contributed by atoms with Gasteiger partial charge in [0.05, 0.1) is 0 Å². The first kappa shape index (κ1) is 13.8. The summed E-state index contributed by atoms with van der Waals surface area (Å²) in [7, 11) is 0. The molecule has 0 saturated heterocycles. The Morgan fingerprint density at radius 3 is 2.41 bits per heavy atom. The summed E-state index contributed by atoms with van der Waals surface area (Å²) in [6, 6.07) is 8.62. The van der Waals surface area contributed by atoms with Gasteiger partial charge in [-0.3, -0.25) is 4.79 Å². The van der Waals surface area contributed by atoms with Crippen LogP contribution in [0.5, 0.6) is 0 Å². The summed E-state index contributed by atoms with van der Waals surface area (Å²) in [5.74, 6) is -0.177. The molecule has 0 amide bonds. The zero-order valence-corrected chi connectivity index (χ0v) is 10.8. The van der Waals surface area contributed by atoms with Crippen molar-refractivity contribution in [2.75, 3.05) is 0 Å². The fraction of sp³-hybridized carbons (Fsp3) is 0.533. The van der Waals surface area contributed by atoms with E-state index < -0.39 is 5.97 Å². The molecule has 0 aliphatic carbocycles. The normalized spacial score (nSPS) is 12.4. The number of hydrogen-bond donors (Lipinski definition) is 1. The molecule has 1 N–H and O–H groups in total. The summed E-state index contributed by atoms with van der Waals surface area (Å²) in [6.07, 6.45) is 4.32. The van der Waals surface area contributed by atoms with Gasteiger partial charge in [0.2, 0.25) is 0 Å². The minimum atomic E-state index is -0.691. The lowest BCUT2D eigenvalue weighted by Gasteiger charge is -2.16. The minimum Gasteiger partial charge on any atom is -0.481 e. The van der Waals surface area contributed by atoms with Crippen LogP contribution in [0.1, 0.15) is 56.1 Å². The molecule has 0 bridgehead atoms. The topological polar surface area (TPSA) is 37.3 Å². The van der Waals surface area contributed by atoms with Gasteiger partial charge in [-0.1, -0.05) is 43.2 Å². The molecule has 0 fully saturated rings. The number of carbonyl (C=O) groups is 1. The van der Waals surface area contributed by atoms with Crippen molar-refractivity contribution in [1.82, 2.24) is 0 Å². The molecule has 1 aromatic rings. The summed E-state index contributed by atoms with van der Waals surface area (Å²) in [6.45, 7) is 4.27. The standard InChI is InChI=1S/C15H22O2/c1-3-5-13(6-4-7-15(16)17)14-10-8-12(2)9-11-14/h8-11,13H,3-7H2,1-2H3,(H,16,17). The van der Waals surface area contributed by atoms with Crippen LogP contribution >= 0.6 is 0 Å².